The van der Waals surface area contributed by atoms with Crippen LogP contribution in [0.1, 0.15) is 19.4 Å². The Bertz CT molecular complexity index is 433. The molecule has 0 aromatic heterocycles. The Morgan fingerprint density at radius 2 is 1.94 bits per heavy atom. The number of nitrogens with two attached hydrogens (primary N) is 1. The molecule has 0 saturated carbocycles. The Labute approximate surface area is 99.8 Å². The highest BCUT2D eigenvalue weighted by Crippen LogP contribution is 2.37. The van der Waals surface area contributed by atoms with E-state index >= 15 is 0 Å². The highest BCUT2D eigenvalue weighted by Gasteiger charge is 2.58. The van der Waals surface area contributed by atoms with Gasteiger partial charge in [-0.05, 0) is 19.4 Å². The van der Waals surface area contributed by atoms with Crippen LogP contribution in [0.25, 0.3) is 0 Å². The minimum atomic E-state index is -1.53. The number of cyclic esters (lactones) is 1. The number of ether oxygens (including phenoxy) is 1. The van der Waals surface area contributed by atoms with E-state index in [1.807, 2.05) is 30.3 Å². The zero-order valence-electron chi connectivity index (χ0n) is 9.88. The van der Waals surface area contributed by atoms with Gasteiger partial charge in [0.05, 0.1) is 0 Å². The molecule has 92 valence electrons. The topological polar surface area (TPSA) is 75.8 Å². The lowest BCUT2D eigenvalue weighted by atomic mass is 9.87. The number of amides is 1. The van der Waals surface area contributed by atoms with Gasteiger partial charge in [0.15, 0.2) is 11.3 Å². The lowest BCUT2D eigenvalue weighted by Gasteiger charge is -2.35. The summed E-state index contributed by atoms with van der Waals surface area (Å²) in [6.45, 7) is 3.14. The zero-order valence-corrected chi connectivity index (χ0v) is 9.88. The standard InChI is InChI=1S/C12H16N2O3/c1-11(8-9-6-4-3-5-7-9)12(2,16)14(13)10(15)17-11/h3-7,16H,8,13H2,1-2H3/t11-,12-/m0/s1. The molecular formula is C12H16N2O3. The minimum Gasteiger partial charge on any atom is -0.437 e. The van der Waals surface area contributed by atoms with Crippen molar-refractivity contribution in [3.63, 3.8) is 0 Å². The van der Waals surface area contributed by atoms with Crippen molar-refractivity contribution in [3.8, 4) is 0 Å². The van der Waals surface area contributed by atoms with Crippen molar-refractivity contribution in [1.29, 1.82) is 0 Å². The fraction of sp³-hybridized carbons (Fsp3) is 0.417. The lowest BCUT2D eigenvalue weighted by molar-refractivity contribution is -0.136. The van der Waals surface area contributed by atoms with E-state index in [4.69, 9.17) is 10.6 Å². The maximum Gasteiger partial charge on any atom is 0.427 e. The molecule has 0 spiro atoms. The van der Waals surface area contributed by atoms with Crippen LogP contribution in [0.5, 0.6) is 0 Å². The molecule has 1 heterocycles. The van der Waals surface area contributed by atoms with Crippen LogP contribution in [0.15, 0.2) is 30.3 Å². The number of benzene rings is 1. The molecule has 1 saturated heterocycles. The first-order valence-electron chi connectivity index (χ1n) is 5.41. The van der Waals surface area contributed by atoms with Gasteiger partial charge in [-0.25, -0.2) is 15.6 Å². The van der Waals surface area contributed by atoms with Crippen LogP contribution in [-0.2, 0) is 11.2 Å². The Hall–Kier alpha value is -1.59. The van der Waals surface area contributed by atoms with Crippen LogP contribution < -0.4 is 5.84 Å². The third kappa shape index (κ3) is 1.77. The normalized spacial score (nSPS) is 32.7. The van der Waals surface area contributed by atoms with E-state index in [1.165, 1.54) is 6.92 Å². The zero-order chi connectivity index (χ0) is 12.7. The SMILES string of the molecule is C[C@@]1(Cc2ccccc2)OC(=O)N(N)[C@@]1(C)O. The molecule has 1 aliphatic heterocycles. The van der Waals surface area contributed by atoms with E-state index in [0.717, 1.165) is 10.6 Å². The predicted octanol–water partition coefficient (Wildman–Crippen LogP) is 1.02. The molecule has 1 aliphatic rings. The first-order valence-corrected chi connectivity index (χ1v) is 5.41. The Morgan fingerprint density at radius 3 is 2.41 bits per heavy atom. The quantitative estimate of drug-likeness (QED) is 0.594. The number of hydrogen-bond donors (Lipinski definition) is 2. The molecule has 2 atom stereocenters. The van der Waals surface area contributed by atoms with Crippen LogP contribution in [-0.4, -0.2) is 27.5 Å². The lowest BCUT2D eigenvalue weighted by Crippen LogP contribution is -2.58. The molecular weight excluding hydrogens is 220 g/mol. The summed E-state index contributed by atoms with van der Waals surface area (Å²) in [4.78, 5) is 11.4. The number of aliphatic hydroxyl groups is 1. The monoisotopic (exact) mass is 236 g/mol. The highest BCUT2D eigenvalue weighted by molar-refractivity contribution is 5.71. The molecule has 3 N–H and O–H groups in total. The minimum absolute atomic E-state index is 0.403. The summed E-state index contributed by atoms with van der Waals surface area (Å²) in [5.41, 5.74) is -1.61. The van der Waals surface area contributed by atoms with Crippen LogP contribution in [0, 0.1) is 0 Å². The van der Waals surface area contributed by atoms with Crippen molar-refractivity contribution >= 4 is 6.09 Å². The number of hydrogen-bond acceptors (Lipinski definition) is 4. The van der Waals surface area contributed by atoms with Gasteiger partial charge in [0.2, 0.25) is 0 Å². The van der Waals surface area contributed by atoms with Crippen molar-refractivity contribution in [3.05, 3.63) is 35.9 Å². The molecule has 0 unspecified atom stereocenters. The molecule has 1 fully saturated rings. The Morgan fingerprint density at radius 1 is 1.35 bits per heavy atom. The molecule has 1 aromatic carbocycles. The van der Waals surface area contributed by atoms with Gasteiger partial charge in [0, 0.05) is 6.42 Å². The largest absolute Gasteiger partial charge is 0.437 e. The van der Waals surface area contributed by atoms with Gasteiger partial charge in [-0.15, -0.1) is 0 Å². The van der Waals surface area contributed by atoms with Gasteiger partial charge in [-0.3, -0.25) is 0 Å². The second kappa shape index (κ2) is 3.72. The van der Waals surface area contributed by atoms with Gasteiger partial charge in [0.1, 0.15) is 0 Å². The van der Waals surface area contributed by atoms with Crippen LogP contribution in [0.3, 0.4) is 0 Å². The molecule has 17 heavy (non-hydrogen) atoms. The molecule has 5 nitrogen and oxygen atoms in total. The fourth-order valence-electron chi connectivity index (χ4n) is 1.96. The molecule has 0 radical (unpaired) electrons. The van der Waals surface area contributed by atoms with Crippen LogP contribution in [0.4, 0.5) is 4.79 Å². The average Bonchev–Trinajstić information content (AvgIpc) is 2.41. The van der Waals surface area contributed by atoms with E-state index in [2.05, 4.69) is 0 Å². The summed E-state index contributed by atoms with van der Waals surface area (Å²) in [5.74, 6) is 5.49. The van der Waals surface area contributed by atoms with Crippen LogP contribution in [0.2, 0.25) is 0 Å². The average molecular weight is 236 g/mol. The summed E-state index contributed by atoms with van der Waals surface area (Å²) in [6, 6.07) is 9.51. The third-order valence-electron chi connectivity index (χ3n) is 3.36. The number of rotatable bonds is 2. The van der Waals surface area contributed by atoms with E-state index in [0.29, 0.717) is 6.42 Å². The van der Waals surface area contributed by atoms with E-state index in [1.54, 1.807) is 6.92 Å². The first-order chi connectivity index (χ1) is 7.87. The fourth-order valence-corrected chi connectivity index (χ4v) is 1.96. The number of carbonyl (C=O) groups excluding carboxylic acids is 1. The second-order valence-corrected chi connectivity index (χ2v) is 4.65. The molecule has 2 rings (SSSR count). The second-order valence-electron chi connectivity index (χ2n) is 4.65. The number of carbonyl (C=O) groups is 1. The van der Waals surface area contributed by atoms with E-state index in [9.17, 15) is 9.90 Å². The Balaban J connectivity index is 2.29. The molecule has 1 aromatic rings. The van der Waals surface area contributed by atoms with Gasteiger partial charge in [-0.1, -0.05) is 30.3 Å². The summed E-state index contributed by atoms with van der Waals surface area (Å²) in [5, 5.41) is 11.0. The smallest absolute Gasteiger partial charge is 0.427 e. The number of hydrazine groups is 1. The van der Waals surface area contributed by atoms with Crippen molar-refractivity contribution in [2.24, 2.45) is 5.84 Å². The van der Waals surface area contributed by atoms with Crippen molar-refractivity contribution in [2.45, 2.75) is 31.6 Å². The summed E-state index contributed by atoms with van der Waals surface area (Å²) in [7, 11) is 0. The van der Waals surface area contributed by atoms with Gasteiger partial charge < -0.3 is 9.84 Å². The molecule has 0 aliphatic carbocycles. The summed E-state index contributed by atoms with van der Waals surface area (Å²) >= 11 is 0. The maximum atomic E-state index is 11.4. The maximum absolute atomic E-state index is 11.4. The summed E-state index contributed by atoms with van der Waals surface area (Å²) in [6.07, 6.45) is -0.311. The summed E-state index contributed by atoms with van der Waals surface area (Å²) < 4.78 is 5.19. The van der Waals surface area contributed by atoms with Gasteiger partial charge in [0.25, 0.3) is 0 Å². The van der Waals surface area contributed by atoms with Crippen molar-refractivity contribution in [2.75, 3.05) is 0 Å². The Kier molecular flexibility index (Phi) is 2.60. The highest BCUT2D eigenvalue weighted by atomic mass is 16.6. The van der Waals surface area contributed by atoms with E-state index in [-0.39, 0.29) is 0 Å². The molecule has 1 amide bonds. The van der Waals surface area contributed by atoms with Crippen molar-refractivity contribution < 1.29 is 14.6 Å². The van der Waals surface area contributed by atoms with Gasteiger partial charge in [-0.2, -0.15) is 0 Å². The van der Waals surface area contributed by atoms with E-state index < -0.39 is 17.4 Å². The number of nitrogens with zero attached hydrogens (tertiary/aromatic N) is 1. The first kappa shape index (κ1) is 11.9. The molecule has 5 heteroatoms. The van der Waals surface area contributed by atoms with Crippen molar-refractivity contribution in [1.82, 2.24) is 5.01 Å². The predicted molar refractivity (Wildman–Crippen MR) is 61.7 cm³/mol. The molecule has 0 bridgehead atoms. The van der Waals surface area contributed by atoms with Gasteiger partial charge >= 0.3 is 6.09 Å². The third-order valence-corrected chi connectivity index (χ3v) is 3.36. The van der Waals surface area contributed by atoms with Crippen LogP contribution >= 0.6 is 0 Å².